The van der Waals surface area contributed by atoms with Crippen molar-refractivity contribution >= 4 is 0 Å². The van der Waals surface area contributed by atoms with Crippen LogP contribution in [0.15, 0.2) is 11.6 Å². The van der Waals surface area contributed by atoms with Gasteiger partial charge in [0.1, 0.15) is 0 Å². The van der Waals surface area contributed by atoms with Crippen molar-refractivity contribution in [3.63, 3.8) is 0 Å². The van der Waals surface area contributed by atoms with Crippen LogP contribution in [0.25, 0.3) is 0 Å². The summed E-state index contributed by atoms with van der Waals surface area (Å²) < 4.78 is 0. The van der Waals surface area contributed by atoms with Gasteiger partial charge in [-0.1, -0.05) is 37.8 Å². The van der Waals surface area contributed by atoms with E-state index in [1.165, 1.54) is 38.5 Å². The molecule has 0 spiro atoms. The van der Waals surface area contributed by atoms with Gasteiger partial charge in [0.05, 0.1) is 0 Å². The monoisotopic (exact) mass is 152 g/mol. The molecule has 0 saturated heterocycles. The van der Waals surface area contributed by atoms with E-state index in [2.05, 4.69) is 19.9 Å². The Balaban J connectivity index is 2.38. The van der Waals surface area contributed by atoms with Gasteiger partial charge in [0.2, 0.25) is 0 Å². The minimum Gasteiger partial charge on any atom is -0.0856 e. The molecule has 0 amide bonds. The zero-order valence-corrected chi connectivity index (χ0v) is 7.90. The Hall–Kier alpha value is -0.260. The molecule has 1 aliphatic rings. The van der Waals surface area contributed by atoms with E-state index in [4.69, 9.17) is 0 Å². The molecular formula is C11H20. The number of allylic oxidation sites excluding steroid dienone is 2. The topological polar surface area (TPSA) is 0 Å². The van der Waals surface area contributed by atoms with E-state index in [0.717, 1.165) is 5.92 Å². The van der Waals surface area contributed by atoms with E-state index in [9.17, 15) is 0 Å². The third-order valence-electron chi connectivity index (χ3n) is 2.78. The van der Waals surface area contributed by atoms with Crippen molar-refractivity contribution in [2.24, 2.45) is 5.92 Å². The second-order valence-corrected chi connectivity index (χ2v) is 3.69. The lowest BCUT2D eigenvalue weighted by Gasteiger charge is -2.22. The van der Waals surface area contributed by atoms with Gasteiger partial charge >= 0.3 is 0 Å². The predicted molar refractivity (Wildman–Crippen MR) is 50.6 cm³/mol. The summed E-state index contributed by atoms with van der Waals surface area (Å²) in [5.41, 5.74) is 1.65. The zero-order valence-electron chi connectivity index (χ0n) is 7.90. The van der Waals surface area contributed by atoms with E-state index in [1.807, 2.05) is 0 Å². The van der Waals surface area contributed by atoms with E-state index in [-0.39, 0.29) is 0 Å². The molecule has 0 heteroatoms. The van der Waals surface area contributed by atoms with Crippen LogP contribution in [0.3, 0.4) is 0 Å². The average Bonchev–Trinajstić information content (AvgIpc) is 2.07. The fourth-order valence-electron chi connectivity index (χ4n) is 2.05. The summed E-state index contributed by atoms with van der Waals surface area (Å²) in [5.74, 6) is 0.934. The number of hydrogen-bond donors (Lipinski definition) is 0. The summed E-state index contributed by atoms with van der Waals surface area (Å²) >= 11 is 0. The molecule has 0 unspecified atom stereocenters. The van der Waals surface area contributed by atoms with Crippen molar-refractivity contribution in [3.8, 4) is 0 Å². The summed E-state index contributed by atoms with van der Waals surface area (Å²) in [6.45, 7) is 4.53. The quantitative estimate of drug-likeness (QED) is 0.526. The van der Waals surface area contributed by atoms with Crippen molar-refractivity contribution < 1.29 is 0 Å². The molecule has 0 nitrogen and oxygen atoms in total. The minimum atomic E-state index is 0.934. The van der Waals surface area contributed by atoms with Gasteiger partial charge in [0, 0.05) is 0 Å². The first-order valence-electron chi connectivity index (χ1n) is 5.01. The van der Waals surface area contributed by atoms with E-state index in [0.29, 0.717) is 0 Å². The van der Waals surface area contributed by atoms with Crippen LogP contribution in [0.5, 0.6) is 0 Å². The molecule has 0 aromatic carbocycles. The van der Waals surface area contributed by atoms with Gasteiger partial charge in [0.15, 0.2) is 0 Å². The highest BCUT2D eigenvalue weighted by atomic mass is 14.2. The summed E-state index contributed by atoms with van der Waals surface area (Å²) in [7, 11) is 0. The van der Waals surface area contributed by atoms with Crippen molar-refractivity contribution in [1.29, 1.82) is 0 Å². The largest absolute Gasteiger partial charge is 0.0856 e. The molecule has 0 heterocycles. The molecule has 0 bridgehead atoms. The van der Waals surface area contributed by atoms with Gasteiger partial charge in [-0.15, -0.1) is 0 Å². The maximum atomic E-state index is 2.40. The van der Waals surface area contributed by atoms with Crippen LogP contribution in [0, 0.1) is 5.92 Å². The van der Waals surface area contributed by atoms with Crippen LogP contribution in [0.1, 0.15) is 52.4 Å². The molecule has 1 rings (SSSR count). The van der Waals surface area contributed by atoms with Crippen molar-refractivity contribution in [1.82, 2.24) is 0 Å². The predicted octanol–water partition coefficient (Wildman–Crippen LogP) is 3.92. The molecule has 1 aliphatic carbocycles. The highest BCUT2D eigenvalue weighted by Gasteiger charge is 2.13. The SMILES string of the molecule is CCC=C(C)C1CCCCC1. The van der Waals surface area contributed by atoms with Crippen molar-refractivity contribution in [3.05, 3.63) is 11.6 Å². The molecule has 1 saturated carbocycles. The molecular weight excluding hydrogens is 132 g/mol. The second-order valence-electron chi connectivity index (χ2n) is 3.69. The standard InChI is InChI=1S/C11H20/c1-3-7-10(2)11-8-5-4-6-9-11/h7,11H,3-6,8-9H2,1-2H3. The third kappa shape index (κ3) is 2.69. The Morgan fingerprint density at radius 3 is 2.45 bits per heavy atom. The molecule has 64 valence electrons. The summed E-state index contributed by atoms with van der Waals surface area (Å²) in [4.78, 5) is 0. The molecule has 0 radical (unpaired) electrons. The van der Waals surface area contributed by atoms with Gasteiger partial charge in [0.25, 0.3) is 0 Å². The van der Waals surface area contributed by atoms with Crippen LogP contribution in [-0.4, -0.2) is 0 Å². The molecule has 11 heavy (non-hydrogen) atoms. The zero-order chi connectivity index (χ0) is 8.10. The Morgan fingerprint density at radius 2 is 1.91 bits per heavy atom. The maximum absolute atomic E-state index is 2.40. The van der Waals surface area contributed by atoms with E-state index >= 15 is 0 Å². The van der Waals surface area contributed by atoms with Crippen LogP contribution < -0.4 is 0 Å². The van der Waals surface area contributed by atoms with Crippen LogP contribution >= 0.6 is 0 Å². The smallest absolute Gasteiger partial charge is 0.0206 e. The highest BCUT2D eigenvalue weighted by Crippen LogP contribution is 2.29. The Labute approximate surface area is 70.7 Å². The van der Waals surface area contributed by atoms with Gasteiger partial charge in [-0.25, -0.2) is 0 Å². The van der Waals surface area contributed by atoms with Gasteiger partial charge in [-0.3, -0.25) is 0 Å². The number of hydrogen-bond acceptors (Lipinski definition) is 0. The lowest BCUT2D eigenvalue weighted by molar-refractivity contribution is 0.402. The Kier molecular flexibility index (Phi) is 3.68. The van der Waals surface area contributed by atoms with E-state index in [1.54, 1.807) is 5.57 Å². The third-order valence-corrected chi connectivity index (χ3v) is 2.78. The van der Waals surface area contributed by atoms with E-state index < -0.39 is 0 Å². The molecule has 0 atom stereocenters. The average molecular weight is 152 g/mol. The molecule has 0 aliphatic heterocycles. The van der Waals surface area contributed by atoms with Crippen LogP contribution in [0.4, 0.5) is 0 Å². The Morgan fingerprint density at radius 1 is 1.27 bits per heavy atom. The normalized spacial score (nSPS) is 22.2. The number of rotatable bonds is 2. The molecule has 0 aromatic rings. The second kappa shape index (κ2) is 4.58. The Bertz CT molecular complexity index is 127. The lowest BCUT2D eigenvalue weighted by atomic mass is 9.84. The van der Waals surface area contributed by atoms with Crippen LogP contribution in [-0.2, 0) is 0 Å². The van der Waals surface area contributed by atoms with Gasteiger partial charge < -0.3 is 0 Å². The first-order valence-corrected chi connectivity index (χ1v) is 5.01. The first kappa shape index (κ1) is 8.83. The summed E-state index contributed by atoms with van der Waals surface area (Å²) in [6.07, 6.45) is 10.9. The highest BCUT2D eigenvalue weighted by molar-refractivity contribution is 5.03. The van der Waals surface area contributed by atoms with Crippen molar-refractivity contribution in [2.45, 2.75) is 52.4 Å². The molecule has 1 fully saturated rings. The van der Waals surface area contributed by atoms with Gasteiger partial charge in [-0.2, -0.15) is 0 Å². The fraction of sp³-hybridized carbons (Fsp3) is 0.818. The van der Waals surface area contributed by atoms with Gasteiger partial charge in [-0.05, 0) is 32.1 Å². The first-order chi connectivity index (χ1) is 5.34. The van der Waals surface area contributed by atoms with Crippen LogP contribution in [0.2, 0.25) is 0 Å². The fourth-order valence-corrected chi connectivity index (χ4v) is 2.05. The summed E-state index contributed by atoms with van der Waals surface area (Å²) in [6, 6.07) is 0. The summed E-state index contributed by atoms with van der Waals surface area (Å²) in [5, 5.41) is 0. The molecule has 0 aromatic heterocycles. The maximum Gasteiger partial charge on any atom is -0.0206 e. The molecule has 0 N–H and O–H groups in total. The minimum absolute atomic E-state index is 0.934. The van der Waals surface area contributed by atoms with Crippen molar-refractivity contribution in [2.75, 3.05) is 0 Å². The lowest BCUT2D eigenvalue weighted by Crippen LogP contribution is -2.07.